The molecule has 2 heterocycles. The summed E-state index contributed by atoms with van der Waals surface area (Å²) in [5.41, 5.74) is 0.0854. The minimum atomic E-state index is -0.856. The number of nitrogens with zero attached hydrogens (tertiary/aromatic N) is 2. The van der Waals surface area contributed by atoms with Gasteiger partial charge < -0.3 is 19.9 Å². The molecule has 1 N–H and O–H groups in total. The van der Waals surface area contributed by atoms with E-state index >= 15 is 0 Å². The highest BCUT2D eigenvalue weighted by Crippen LogP contribution is 2.36. The van der Waals surface area contributed by atoms with Crippen molar-refractivity contribution in [3.05, 3.63) is 35.9 Å². The molecule has 1 aliphatic carbocycles. The first-order valence-corrected chi connectivity index (χ1v) is 13.1. The van der Waals surface area contributed by atoms with Gasteiger partial charge in [0.15, 0.2) is 0 Å². The number of benzene rings is 1. The summed E-state index contributed by atoms with van der Waals surface area (Å²) in [6.45, 7) is 3.74. The molecule has 7 nitrogen and oxygen atoms in total. The van der Waals surface area contributed by atoms with Crippen molar-refractivity contribution in [2.45, 2.75) is 89.3 Å². The lowest BCUT2D eigenvalue weighted by atomic mass is 9.79. The Morgan fingerprint density at radius 2 is 1.79 bits per heavy atom. The summed E-state index contributed by atoms with van der Waals surface area (Å²) in [6.07, 6.45) is 9.15. The topological polar surface area (TPSA) is 79.0 Å². The molecule has 0 bridgehead atoms. The van der Waals surface area contributed by atoms with E-state index in [1.165, 1.54) is 19.3 Å². The van der Waals surface area contributed by atoms with Crippen LogP contribution in [0.1, 0.15) is 76.7 Å². The minimum Gasteiger partial charge on any atom is -0.445 e. The number of unbranched alkanes of at least 4 members (excludes halogenated alkanes) is 1. The summed E-state index contributed by atoms with van der Waals surface area (Å²) < 4.78 is 5.49. The summed E-state index contributed by atoms with van der Waals surface area (Å²) in [7, 11) is 0. The van der Waals surface area contributed by atoms with Crippen molar-refractivity contribution in [1.29, 1.82) is 0 Å². The first kappa shape index (κ1) is 24.6. The molecule has 2 aliphatic heterocycles. The molecular weight excluding hydrogens is 430 g/mol. The highest BCUT2D eigenvalue weighted by atomic mass is 16.6. The summed E-state index contributed by atoms with van der Waals surface area (Å²) in [6, 6.07) is 9.19. The van der Waals surface area contributed by atoms with Crippen molar-refractivity contribution in [3.63, 3.8) is 0 Å². The highest BCUT2D eigenvalue weighted by Gasteiger charge is 2.54. The number of carbonyl (C=O) groups is 3. The molecule has 1 aromatic rings. The maximum Gasteiger partial charge on any atom is 0.410 e. The van der Waals surface area contributed by atoms with Gasteiger partial charge in [-0.15, -0.1) is 0 Å². The molecule has 0 aromatic heterocycles. The fourth-order valence-corrected chi connectivity index (χ4v) is 5.80. The van der Waals surface area contributed by atoms with Crippen LogP contribution in [0.2, 0.25) is 0 Å². The Morgan fingerprint density at radius 1 is 1.09 bits per heavy atom. The molecule has 1 spiro atoms. The molecule has 1 aromatic carbocycles. The lowest BCUT2D eigenvalue weighted by molar-refractivity contribution is -0.161. The molecule has 7 heteroatoms. The number of rotatable bonds is 7. The van der Waals surface area contributed by atoms with Gasteiger partial charge >= 0.3 is 6.09 Å². The van der Waals surface area contributed by atoms with Crippen LogP contribution >= 0.6 is 0 Å². The summed E-state index contributed by atoms with van der Waals surface area (Å²) in [5, 5.41) is 3.11. The molecule has 3 fully saturated rings. The smallest absolute Gasteiger partial charge is 0.410 e. The van der Waals surface area contributed by atoms with Crippen molar-refractivity contribution >= 4 is 17.9 Å². The Balaban J connectivity index is 1.39. The fourth-order valence-electron chi connectivity index (χ4n) is 5.80. The van der Waals surface area contributed by atoms with Gasteiger partial charge in [0.05, 0.1) is 0 Å². The van der Waals surface area contributed by atoms with E-state index in [4.69, 9.17) is 4.74 Å². The van der Waals surface area contributed by atoms with E-state index in [9.17, 15) is 14.4 Å². The van der Waals surface area contributed by atoms with E-state index in [1.807, 2.05) is 35.2 Å². The molecule has 34 heavy (non-hydrogen) atoms. The van der Waals surface area contributed by atoms with Crippen molar-refractivity contribution in [1.82, 2.24) is 15.1 Å². The molecule has 4 rings (SSSR count). The number of hydrogen-bond acceptors (Lipinski definition) is 4. The van der Waals surface area contributed by atoms with Crippen LogP contribution in [0.4, 0.5) is 4.79 Å². The third kappa shape index (κ3) is 5.39. The van der Waals surface area contributed by atoms with Gasteiger partial charge in [-0.05, 0) is 37.2 Å². The van der Waals surface area contributed by atoms with E-state index in [0.29, 0.717) is 38.4 Å². The van der Waals surface area contributed by atoms with Crippen LogP contribution in [0.15, 0.2) is 30.3 Å². The normalized spacial score (nSPS) is 23.1. The summed E-state index contributed by atoms with van der Waals surface area (Å²) in [4.78, 5) is 43.3. The molecule has 0 unspecified atom stereocenters. The maximum atomic E-state index is 13.6. The minimum absolute atomic E-state index is 0.0404. The Labute approximate surface area is 203 Å². The van der Waals surface area contributed by atoms with Gasteiger partial charge in [0, 0.05) is 19.6 Å². The Morgan fingerprint density at radius 3 is 2.47 bits per heavy atom. The molecule has 3 aliphatic rings. The van der Waals surface area contributed by atoms with Crippen LogP contribution in [0.25, 0.3) is 0 Å². The van der Waals surface area contributed by atoms with E-state index in [0.717, 1.165) is 37.7 Å². The number of nitrogens with one attached hydrogen (secondary N) is 1. The first-order chi connectivity index (χ1) is 16.5. The average molecular weight is 470 g/mol. The molecule has 0 radical (unpaired) electrons. The predicted molar refractivity (Wildman–Crippen MR) is 130 cm³/mol. The first-order valence-electron chi connectivity index (χ1n) is 13.1. The molecular formula is C27H39N3O4. The number of carbonyl (C=O) groups excluding carboxylic acids is 3. The van der Waals surface area contributed by atoms with Gasteiger partial charge in [-0.25, -0.2) is 4.79 Å². The van der Waals surface area contributed by atoms with Crippen molar-refractivity contribution < 1.29 is 19.1 Å². The molecule has 3 amide bonds. The SMILES string of the molecule is CCCCN1C(=O)[C@H](CC2CCCCC2)NC(=O)C12CCN(C(=O)OCc1ccccc1)CC2. The van der Waals surface area contributed by atoms with Gasteiger partial charge in [0.25, 0.3) is 0 Å². The maximum absolute atomic E-state index is 13.6. The third-order valence-electron chi connectivity index (χ3n) is 7.89. The van der Waals surface area contributed by atoms with Crippen molar-refractivity contribution in [2.75, 3.05) is 19.6 Å². The van der Waals surface area contributed by atoms with Gasteiger partial charge in [-0.3, -0.25) is 9.59 Å². The second-order valence-corrected chi connectivity index (χ2v) is 10.2. The Kier molecular flexibility index (Phi) is 8.11. The number of amides is 3. The zero-order valence-corrected chi connectivity index (χ0v) is 20.5. The highest BCUT2D eigenvalue weighted by molar-refractivity contribution is 6.00. The van der Waals surface area contributed by atoms with Crippen LogP contribution in [0, 0.1) is 5.92 Å². The zero-order chi connectivity index (χ0) is 24.0. The van der Waals surface area contributed by atoms with Crippen LogP contribution in [0.5, 0.6) is 0 Å². The van der Waals surface area contributed by atoms with Crippen molar-refractivity contribution in [2.24, 2.45) is 5.92 Å². The van der Waals surface area contributed by atoms with Crippen LogP contribution in [-0.2, 0) is 20.9 Å². The van der Waals surface area contributed by atoms with Crippen LogP contribution in [0.3, 0.4) is 0 Å². The van der Waals surface area contributed by atoms with Gasteiger partial charge in [0.1, 0.15) is 18.2 Å². The second kappa shape index (κ2) is 11.2. The number of piperazine rings is 1. The number of ether oxygens (including phenoxy) is 1. The lowest BCUT2D eigenvalue weighted by Gasteiger charge is -2.51. The predicted octanol–water partition coefficient (Wildman–Crippen LogP) is 4.26. The monoisotopic (exact) mass is 469 g/mol. The van der Waals surface area contributed by atoms with Gasteiger partial charge in [0.2, 0.25) is 11.8 Å². The van der Waals surface area contributed by atoms with E-state index in [-0.39, 0.29) is 24.5 Å². The van der Waals surface area contributed by atoms with Crippen LogP contribution < -0.4 is 5.32 Å². The van der Waals surface area contributed by atoms with E-state index in [1.54, 1.807) is 4.90 Å². The number of piperidine rings is 1. The second-order valence-electron chi connectivity index (χ2n) is 10.2. The average Bonchev–Trinajstić information content (AvgIpc) is 2.87. The van der Waals surface area contributed by atoms with Crippen LogP contribution in [-0.4, -0.2) is 58.9 Å². The van der Waals surface area contributed by atoms with E-state index in [2.05, 4.69) is 12.2 Å². The van der Waals surface area contributed by atoms with E-state index < -0.39 is 11.6 Å². The number of hydrogen-bond donors (Lipinski definition) is 1. The van der Waals surface area contributed by atoms with Crippen molar-refractivity contribution in [3.8, 4) is 0 Å². The molecule has 2 saturated heterocycles. The molecule has 186 valence electrons. The molecule has 1 saturated carbocycles. The standard InChI is InChI=1S/C27H39N3O4/c1-2-3-16-30-24(31)23(19-21-10-6-4-7-11-21)28-25(32)27(30)14-17-29(18-15-27)26(33)34-20-22-12-8-5-9-13-22/h5,8-9,12-13,21,23H,2-4,6-7,10-11,14-20H2,1H3,(H,28,32)/t23-/m0/s1. The largest absolute Gasteiger partial charge is 0.445 e. The Bertz CT molecular complexity index is 845. The zero-order valence-electron chi connectivity index (χ0n) is 20.5. The third-order valence-corrected chi connectivity index (χ3v) is 7.89. The quantitative estimate of drug-likeness (QED) is 0.647. The molecule has 1 atom stereocenters. The Hall–Kier alpha value is -2.57. The summed E-state index contributed by atoms with van der Waals surface area (Å²) >= 11 is 0. The lowest BCUT2D eigenvalue weighted by Crippen LogP contribution is -2.73. The van der Waals surface area contributed by atoms with Gasteiger partial charge in [-0.2, -0.15) is 0 Å². The summed E-state index contributed by atoms with van der Waals surface area (Å²) in [5.74, 6) is 0.548. The number of likely N-dealkylation sites (tertiary alicyclic amines) is 1. The van der Waals surface area contributed by atoms with Gasteiger partial charge in [-0.1, -0.05) is 75.8 Å². The fraction of sp³-hybridized carbons (Fsp3) is 0.667.